The molecule has 23 heavy (non-hydrogen) atoms. The van der Waals surface area contributed by atoms with Gasteiger partial charge in [0.25, 0.3) is 0 Å². The van der Waals surface area contributed by atoms with Gasteiger partial charge in [-0.3, -0.25) is 0 Å². The van der Waals surface area contributed by atoms with Crippen LogP contribution in [-0.4, -0.2) is 27.5 Å². The predicted molar refractivity (Wildman–Crippen MR) is 99.8 cm³/mol. The Labute approximate surface area is 145 Å². The number of anilines is 1. The maximum atomic E-state index is 6.47. The monoisotopic (exact) mass is 337 g/mol. The van der Waals surface area contributed by atoms with Crippen LogP contribution in [0.15, 0.2) is 35.9 Å². The Morgan fingerprint density at radius 3 is 2.61 bits per heavy atom. The van der Waals surface area contributed by atoms with Crippen LogP contribution in [0.5, 0.6) is 5.75 Å². The highest BCUT2D eigenvalue weighted by molar-refractivity contribution is 6.34. The Morgan fingerprint density at radius 2 is 2.04 bits per heavy atom. The molecule has 1 aromatic carbocycles. The number of benzene rings is 1. The fourth-order valence-electron chi connectivity index (χ4n) is 2.25. The van der Waals surface area contributed by atoms with Gasteiger partial charge in [-0.15, -0.1) is 0 Å². The maximum absolute atomic E-state index is 6.47. The van der Waals surface area contributed by atoms with Gasteiger partial charge in [0.05, 0.1) is 12.8 Å². The maximum Gasteiger partial charge on any atom is 0.139 e. The summed E-state index contributed by atoms with van der Waals surface area (Å²) >= 11 is 6.47. The number of nitrogens with zero attached hydrogens (tertiary/aromatic N) is 1. The van der Waals surface area contributed by atoms with Gasteiger partial charge in [0, 0.05) is 14.2 Å². The molecule has 0 N–H and O–H groups in total. The zero-order valence-corrected chi connectivity index (χ0v) is 15.8. The van der Waals surface area contributed by atoms with Crippen LogP contribution in [-0.2, 0) is 11.2 Å². The van der Waals surface area contributed by atoms with Crippen molar-refractivity contribution in [1.82, 2.24) is 0 Å². The minimum absolute atomic E-state index is 0.0726. The zero-order valence-electron chi connectivity index (χ0n) is 15.0. The number of halogens is 1. The minimum atomic E-state index is -0.0726. The van der Waals surface area contributed by atoms with Crippen molar-refractivity contribution in [2.45, 2.75) is 39.8 Å². The van der Waals surface area contributed by atoms with Crippen LogP contribution in [0.25, 0.3) is 0 Å². The molecular weight excluding hydrogens is 310 g/mol. The van der Waals surface area contributed by atoms with Gasteiger partial charge in [0.1, 0.15) is 17.0 Å². The van der Waals surface area contributed by atoms with Crippen molar-refractivity contribution in [1.29, 1.82) is 0 Å². The van der Waals surface area contributed by atoms with Gasteiger partial charge in [-0.2, -0.15) is 0 Å². The number of hydrogen-bond donors (Lipinski definition) is 0. The first kappa shape index (κ1) is 19.6. The molecule has 0 saturated carbocycles. The molecule has 1 unspecified atom stereocenters. The molecule has 0 aliphatic carbocycles. The van der Waals surface area contributed by atoms with Gasteiger partial charge in [-0.05, 0) is 44.4 Å². The predicted octanol–water partition coefficient (Wildman–Crippen LogP) is 5.23. The van der Waals surface area contributed by atoms with E-state index in [0.717, 1.165) is 24.1 Å². The molecule has 1 rings (SSSR count). The topological polar surface area (TPSA) is 21.7 Å². The summed E-state index contributed by atoms with van der Waals surface area (Å²) in [7, 11) is 5.29. The molecule has 1 atom stereocenters. The van der Waals surface area contributed by atoms with Gasteiger partial charge in [0.15, 0.2) is 0 Å². The highest BCUT2D eigenvalue weighted by atomic mass is 35.5. The standard InChI is InChI=1S/C19H28ClNO2/c1-7-8-9-10-14(2)11-16-12-17(21(4)15(3)22-5)19(20)18(13-16)23-6/h8-10,12-13,15H,7,11H2,1-6H3/b9-8+,14-10+. The highest BCUT2D eigenvalue weighted by Gasteiger charge is 2.17. The van der Waals surface area contributed by atoms with E-state index in [2.05, 4.69) is 38.1 Å². The molecule has 1 aromatic rings. The molecule has 0 aliphatic rings. The molecule has 0 heterocycles. The minimum Gasteiger partial charge on any atom is -0.495 e. The first-order valence-electron chi connectivity index (χ1n) is 7.88. The molecule has 0 fully saturated rings. The molecule has 0 amide bonds. The lowest BCUT2D eigenvalue weighted by molar-refractivity contribution is 0.119. The summed E-state index contributed by atoms with van der Waals surface area (Å²) in [5.41, 5.74) is 3.36. The van der Waals surface area contributed by atoms with Crippen molar-refractivity contribution >= 4 is 17.3 Å². The fraction of sp³-hybridized carbons (Fsp3) is 0.474. The summed E-state index contributed by atoms with van der Waals surface area (Å²) in [4.78, 5) is 2.00. The first-order valence-corrected chi connectivity index (χ1v) is 8.26. The molecule has 3 nitrogen and oxygen atoms in total. The highest BCUT2D eigenvalue weighted by Crippen LogP contribution is 2.37. The Morgan fingerprint density at radius 1 is 1.35 bits per heavy atom. The Kier molecular flexibility index (Phi) is 8.21. The van der Waals surface area contributed by atoms with Crippen LogP contribution in [0.2, 0.25) is 5.02 Å². The summed E-state index contributed by atoms with van der Waals surface area (Å²) in [5, 5.41) is 0.607. The molecular formula is C19H28ClNO2. The molecule has 0 aliphatic heterocycles. The largest absolute Gasteiger partial charge is 0.495 e. The quantitative estimate of drug-likeness (QED) is 0.478. The first-order chi connectivity index (χ1) is 10.9. The van der Waals surface area contributed by atoms with E-state index in [0.29, 0.717) is 10.8 Å². The summed E-state index contributed by atoms with van der Waals surface area (Å²) < 4.78 is 10.8. The van der Waals surface area contributed by atoms with Crippen molar-refractivity contribution in [3.8, 4) is 5.75 Å². The molecule has 0 bridgehead atoms. The van der Waals surface area contributed by atoms with Crippen molar-refractivity contribution < 1.29 is 9.47 Å². The van der Waals surface area contributed by atoms with Gasteiger partial charge in [-0.1, -0.05) is 42.3 Å². The average molecular weight is 338 g/mol. The second-order valence-electron chi connectivity index (χ2n) is 5.60. The van der Waals surface area contributed by atoms with E-state index >= 15 is 0 Å². The van der Waals surface area contributed by atoms with Gasteiger partial charge in [-0.25, -0.2) is 0 Å². The van der Waals surface area contributed by atoms with Gasteiger partial charge >= 0.3 is 0 Å². The van der Waals surface area contributed by atoms with Crippen molar-refractivity contribution in [3.63, 3.8) is 0 Å². The number of hydrogen-bond acceptors (Lipinski definition) is 3. The number of allylic oxidation sites excluding steroid dienone is 4. The normalized spacial score (nSPS) is 13.4. The molecule has 0 aromatic heterocycles. The van der Waals surface area contributed by atoms with E-state index in [1.807, 2.05) is 24.9 Å². The number of rotatable bonds is 8. The fourth-order valence-corrected chi connectivity index (χ4v) is 2.57. The van der Waals surface area contributed by atoms with Crippen LogP contribution in [0.4, 0.5) is 5.69 Å². The van der Waals surface area contributed by atoms with Crippen LogP contribution < -0.4 is 9.64 Å². The SMILES string of the molecule is CC/C=C/C=C(\C)Cc1cc(OC)c(Cl)c(N(C)C(C)OC)c1. The van der Waals surface area contributed by atoms with Crippen molar-refractivity contribution in [2.75, 3.05) is 26.2 Å². The van der Waals surface area contributed by atoms with Crippen molar-refractivity contribution in [2.24, 2.45) is 0 Å². The average Bonchev–Trinajstić information content (AvgIpc) is 2.55. The van der Waals surface area contributed by atoms with Crippen molar-refractivity contribution in [3.05, 3.63) is 46.5 Å². The number of methoxy groups -OCH3 is 2. The van der Waals surface area contributed by atoms with E-state index in [4.69, 9.17) is 21.1 Å². The molecule has 0 spiro atoms. The third kappa shape index (κ3) is 5.60. The van der Waals surface area contributed by atoms with E-state index < -0.39 is 0 Å². The second-order valence-corrected chi connectivity index (χ2v) is 5.98. The Balaban J connectivity index is 3.14. The third-order valence-electron chi connectivity index (χ3n) is 3.80. The third-order valence-corrected chi connectivity index (χ3v) is 4.18. The van der Waals surface area contributed by atoms with Gasteiger partial charge in [0.2, 0.25) is 0 Å². The molecule has 0 radical (unpaired) electrons. The van der Waals surface area contributed by atoms with Gasteiger partial charge < -0.3 is 14.4 Å². The summed E-state index contributed by atoms with van der Waals surface area (Å²) in [6.45, 7) is 6.24. The second kappa shape index (κ2) is 9.64. The Hall–Kier alpha value is -1.45. The lowest BCUT2D eigenvalue weighted by Gasteiger charge is -2.27. The van der Waals surface area contributed by atoms with Crippen LogP contribution in [0.3, 0.4) is 0 Å². The lowest BCUT2D eigenvalue weighted by Crippen LogP contribution is -2.30. The molecule has 128 valence electrons. The Bertz CT molecular complexity index is 567. The molecule has 0 saturated heterocycles. The van der Waals surface area contributed by atoms with Crippen LogP contribution in [0, 0.1) is 0 Å². The smallest absolute Gasteiger partial charge is 0.139 e. The zero-order chi connectivity index (χ0) is 17.4. The van der Waals surface area contributed by atoms with E-state index in [9.17, 15) is 0 Å². The lowest BCUT2D eigenvalue weighted by atomic mass is 10.0. The van der Waals surface area contributed by atoms with Crippen LogP contribution in [0.1, 0.15) is 32.8 Å². The summed E-state index contributed by atoms with van der Waals surface area (Å²) in [5.74, 6) is 0.686. The molecule has 4 heteroatoms. The van der Waals surface area contributed by atoms with Crippen LogP contribution >= 0.6 is 11.6 Å². The van der Waals surface area contributed by atoms with E-state index in [-0.39, 0.29) is 6.23 Å². The summed E-state index contributed by atoms with van der Waals surface area (Å²) in [6.07, 6.45) is 8.21. The van der Waals surface area contributed by atoms with E-state index in [1.165, 1.54) is 5.57 Å². The number of ether oxygens (including phenoxy) is 2. The van der Waals surface area contributed by atoms with E-state index in [1.54, 1.807) is 14.2 Å². The summed E-state index contributed by atoms with van der Waals surface area (Å²) in [6, 6.07) is 4.10.